The number of rotatable bonds is 8. The number of hydrogen-bond acceptors (Lipinski definition) is 3. The number of likely N-dealkylation sites (N-methyl/N-ethyl adjacent to an activating group) is 2. The fourth-order valence-electron chi connectivity index (χ4n) is 2.44. The molecule has 0 aromatic heterocycles. The predicted octanol–water partition coefficient (Wildman–Crippen LogP) is 2.99. The summed E-state index contributed by atoms with van der Waals surface area (Å²) in [5.41, 5.74) is 2.85. The van der Waals surface area contributed by atoms with E-state index in [1.165, 1.54) is 0 Å². The molecule has 126 valence electrons. The van der Waals surface area contributed by atoms with Crippen molar-refractivity contribution in [2.75, 3.05) is 27.2 Å². The summed E-state index contributed by atoms with van der Waals surface area (Å²) in [4.78, 5) is 25.9. The first-order chi connectivity index (χ1) is 11.6. The Bertz CT molecular complexity index is 666. The number of ketones is 1. The summed E-state index contributed by atoms with van der Waals surface area (Å²) in [6.07, 6.45) is 0.493. The maximum atomic E-state index is 12.3. The molecule has 24 heavy (non-hydrogen) atoms. The van der Waals surface area contributed by atoms with Crippen LogP contribution in [-0.4, -0.2) is 43.8 Å². The molecule has 0 bridgehead atoms. The highest BCUT2D eigenvalue weighted by Crippen LogP contribution is 2.20. The Morgan fingerprint density at radius 3 is 2.17 bits per heavy atom. The number of carbonyl (C=O) groups is 2. The lowest BCUT2D eigenvalue weighted by Gasteiger charge is -2.16. The van der Waals surface area contributed by atoms with E-state index in [9.17, 15) is 9.59 Å². The molecule has 1 amide bonds. The SMILES string of the molecule is CNCCN(C)C(=O)CCC(=O)c1ccc(-c2ccccc2)cc1. The summed E-state index contributed by atoms with van der Waals surface area (Å²) < 4.78 is 0. The number of benzene rings is 2. The van der Waals surface area contributed by atoms with E-state index in [2.05, 4.69) is 5.32 Å². The molecule has 2 rings (SSSR count). The van der Waals surface area contributed by atoms with E-state index in [1.807, 2.05) is 61.6 Å². The molecule has 0 saturated heterocycles. The molecule has 0 heterocycles. The average Bonchev–Trinajstić information content (AvgIpc) is 2.64. The number of nitrogens with one attached hydrogen (secondary N) is 1. The Kier molecular flexibility index (Phi) is 6.70. The fourth-order valence-corrected chi connectivity index (χ4v) is 2.44. The third-order valence-electron chi connectivity index (χ3n) is 4.00. The Morgan fingerprint density at radius 1 is 0.917 bits per heavy atom. The summed E-state index contributed by atoms with van der Waals surface area (Å²) in [5, 5.41) is 3.00. The van der Waals surface area contributed by atoms with Crippen molar-refractivity contribution in [1.82, 2.24) is 10.2 Å². The number of carbonyl (C=O) groups excluding carboxylic acids is 2. The van der Waals surface area contributed by atoms with E-state index in [1.54, 1.807) is 11.9 Å². The van der Waals surface area contributed by atoms with Gasteiger partial charge in [-0.25, -0.2) is 0 Å². The van der Waals surface area contributed by atoms with Crippen LogP contribution in [-0.2, 0) is 4.79 Å². The fraction of sp³-hybridized carbons (Fsp3) is 0.300. The zero-order valence-electron chi connectivity index (χ0n) is 14.3. The van der Waals surface area contributed by atoms with Crippen LogP contribution in [0.25, 0.3) is 11.1 Å². The standard InChI is InChI=1S/C20H24N2O2/c1-21-14-15-22(2)20(24)13-12-19(23)18-10-8-17(9-11-18)16-6-4-3-5-7-16/h3-11,21H,12-15H2,1-2H3. The first kappa shape index (κ1) is 17.9. The van der Waals surface area contributed by atoms with Crippen molar-refractivity contribution >= 4 is 11.7 Å². The van der Waals surface area contributed by atoms with Gasteiger partial charge in [-0.1, -0.05) is 54.6 Å². The summed E-state index contributed by atoms with van der Waals surface area (Å²) in [6.45, 7) is 1.40. The van der Waals surface area contributed by atoms with Crippen molar-refractivity contribution in [2.24, 2.45) is 0 Å². The van der Waals surface area contributed by atoms with Gasteiger partial charge in [-0.2, -0.15) is 0 Å². The van der Waals surface area contributed by atoms with Crippen LogP contribution in [0.5, 0.6) is 0 Å². The molecule has 4 heteroatoms. The number of hydrogen-bond donors (Lipinski definition) is 1. The molecular weight excluding hydrogens is 300 g/mol. The van der Waals surface area contributed by atoms with Gasteiger partial charge in [0.05, 0.1) is 0 Å². The minimum absolute atomic E-state index is 0.000458. The highest BCUT2D eigenvalue weighted by molar-refractivity contribution is 5.98. The second-order valence-electron chi connectivity index (χ2n) is 5.79. The third kappa shape index (κ3) is 5.03. The lowest BCUT2D eigenvalue weighted by molar-refractivity contribution is -0.129. The summed E-state index contributed by atoms with van der Waals surface area (Å²) in [7, 11) is 3.61. The molecule has 2 aromatic rings. The maximum Gasteiger partial charge on any atom is 0.222 e. The van der Waals surface area contributed by atoms with Crippen LogP contribution in [0.15, 0.2) is 54.6 Å². The Balaban J connectivity index is 1.90. The van der Waals surface area contributed by atoms with E-state index < -0.39 is 0 Å². The molecule has 1 N–H and O–H groups in total. The molecular formula is C20H24N2O2. The van der Waals surface area contributed by atoms with Crippen LogP contribution in [0.1, 0.15) is 23.2 Å². The molecule has 0 aliphatic heterocycles. The summed E-state index contributed by atoms with van der Waals surface area (Å²) in [5.74, 6) is 0.00415. The maximum absolute atomic E-state index is 12.3. The molecule has 0 spiro atoms. The van der Waals surface area contributed by atoms with E-state index >= 15 is 0 Å². The van der Waals surface area contributed by atoms with Gasteiger partial charge in [0.25, 0.3) is 0 Å². The molecule has 4 nitrogen and oxygen atoms in total. The minimum atomic E-state index is -0.000458. The van der Waals surface area contributed by atoms with Crippen LogP contribution in [0, 0.1) is 0 Å². The lowest BCUT2D eigenvalue weighted by atomic mass is 10.0. The van der Waals surface area contributed by atoms with Crippen molar-refractivity contribution in [3.8, 4) is 11.1 Å². The van der Waals surface area contributed by atoms with Gasteiger partial charge in [-0.3, -0.25) is 9.59 Å². The van der Waals surface area contributed by atoms with Crippen molar-refractivity contribution in [2.45, 2.75) is 12.8 Å². The van der Waals surface area contributed by atoms with E-state index in [-0.39, 0.29) is 24.5 Å². The monoisotopic (exact) mass is 324 g/mol. The molecule has 0 unspecified atom stereocenters. The van der Waals surface area contributed by atoms with Gasteiger partial charge in [0.1, 0.15) is 0 Å². The second kappa shape index (κ2) is 8.99. The number of nitrogens with zero attached hydrogens (tertiary/aromatic N) is 1. The normalized spacial score (nSPS) is 10.4. The predicted molar refractivity (Wildman–Crippen MR) is 97.0 cm³/mol. The third-order valence-corrected chi connectivity index (χ3v) is 4.00. The Hall–Kier alpha value is -2.46. The molecule has 0 fully saturated rings. The van der Waals surface area contributed by atoms with Crippen molar-refractivity contribution in [3.63, 3.8) is 0 Å². The highest BCUT2D eigenvalue weighted by atomic mass is 16.2. The van der Waals surface area contributed by atoms with Gasteiger partial charge in [0, 0.05) is 38.5 Å². The first-order valence-corrected chi connectivity index (χ1v) is 8.19. The van der Waals surface area contributed by atoms with Crippen LogP contribution in [0.3, 0.4) is 0 Å². The van der Waals surface area contributed by atoms with E-state index in [0.717, 1.165) is 17.7 Å². The highest BCUT2D eigenvalue weighted by Gasteiger charge is 2.12. The van der Waals surface area contributed by atoms with Gasteiger partial charge in [0.15, 0.2) is 5.78 Å². The van der Waals surface area contributed by atoms with Gasteiger partial charge >= 0.3 is 0 Å². The van der Waals surface area contributed by atoms with Gasteiger partial charge < -0.3 is 10.2 Å². The average molecular weight is 324 g/mol. The van der Waals surface area contributed by atoms with Gasteiger partial charge in [0.2, 0.25) is 5.91 Å². The van der Waals surface area contributed by atoms with Crippen LogP contribution >= 0.6 is 0 Å². The van der Waals surface area contributed by atoms with Crippen LogP contribution in [0.2, 0.25) is 0 Å². The topological polar surface area (TPSA) is 49.4 Å². The number of amides is 1. The molecule has 0 radical (unpaired) electrons. The van der Waals surface area contributed by atoms with Crippen LogP contribution in [0.4, 0.5) is 0 Å². The van der Waals surface area contributed by atoms with Crippen LogP contribution < -0.4 is 5.32 Å². The smallest absolute Gasteiger partial charge is 0.222 e. The zero-order chi connectivity index (χ0) is 17.4. The summed E-state index contributed by atoms with van der Waals surface area (Å²) in [6, 6.07) is 17.6. The molecule has 0 saturated carbocycles. The quantitative estimate of drug-likeness (QED) is 0.760. The molecule has 0 atom stereocenters. The molecule has 0 aliphatic rings. The zero-order valence-corrected chi connectivity index (χ0v) is 14.3. The molecule has 0 aliphatic carbocycles. The van der Waals surface area contributed by atoms with Crippen molar-refractivity contribution in [3.05, 3.63) is 60.2 Å². The van der Waals surface area contributed by atoms with Crippen molar-refractivity contribution in [1.29, 1.82) is 0 Å². The van der Waals surface area contributed by atoms with E-state index in [4.69, 9.17) is 0 Å². The van der Waals surface area contributed by atoms with E-state index in [0.29, 0.717) is 12.1 Å². The first-order valence-electron chi connectivity index (χ1n) is 8.19. The molecule has 2 aromatic carbocycles. The Labute approximate surface area is 143 Å². The second-order valence-corrected chi connectivity index (χ2v) is 5.79. The Morgan fingerprint density at radius 2 is 1.54 bits per heavy atom. The lowest BCUT2D eigenvalue weighted by Crippen LogP contribution is -2.32. The largest absolute Gasteiger partial charge is 0.344 e. The summed E-state index contributed by atoms with van der Waals surface area (Å²) >= 11 is 0. The van der Waals surface area contributed by atoms with Gasteiger partial charge in [-0.05, 0) is 18.2 Å². The number of Topliss-reactive ketones (excluding diaryl/α,β-unsaturated/α-hetero) is 1. The van der Waals surface area contributed by atoms with Gasteiger partial charge in [-0.15, -0.1) is 0 Å². The van der Waals surface area contributed by atoms with Crippen molar-refractivity contribution < 1.29 is 9.59 Å². The minimum Gasteiger partial charge on any atom is -0.344 e.